The highest BCUT2D eigenvalue weighted by atomic mass is 16.5. The summed E-state index contributed by atoms with van der Waals surface area (Å²) in [6, 6.07) is 10.1. The van der Waals surface area contributed by atoms with E-state index in [1.807, 2.05) is 18.2 Å². The molecule has 2 heterocycles. The van der Waals surface area contributed by atoms with Gasteiger partial charge in [-0.05, 0) is 18.4 Å². The maximum atomic E-state index is 12.3. The molecule has 1 unspecified atom stereocenters. The molecule has 2 aromatic rings. The number of benzene rings is 1. The number of amides is 1. The van der Waals surface area contributed by atoms with Gasteiger partial charge in [0.25, 0.3) is 5.91 Å². The Labute approximate surface area is 123 Å². The largest absolute Gasteiger partial charge is 0.381 e. The van der Waals surface area contributed by atoms with Gasteiger partial charge in [0.05, 0.1) is 24.1 Å². The van der Waals surface area contributed by atoms with Gasteiger partial charge in [0.15, 0.2) is 0 Å². The van der Waals surface area contributed by atoms with E-state index in [1.54, 1.807) is 6.20 Å². The number of nitrogens with one attached hydrogen (secondary N) is 2. The molecular weight excluding hydrogens is 266 g/mol. The second-order valence-electron chi connectivity index (χ2n) is 5.25. The fourth-order valence-electron chi connectivity index (χ4n) is 2.61. The number of nitrogens with zero attached hydrogens (tertiary/aromatic N) is 1. The minimum absolute atomic E-state index is 0.0680. The summed E-state index contributed by atoms with van der Waals surface area (Å²) in [5, 5.41) is 9.92. The molecule has 21 heavy (non-hydrogen) atoms. The van der Waals surface area contributed by atoms with Crippen molar-refractivity contribution in [2.24, 2.45) is 0 Å². The molecule has 1 aromatic carbocycles. The summed E-state index contributed by atoms with van der Waals surface area (Å²) < 4.78 is 5.38. The monoisotopic (exact) mass is 285 g/mol. The molecule has 1 saturated heterocycles. The minimum Gasteiger partial charge on any atom is -0.381 e. The molecule has 0 spiro atoms. The first-order chi connectivity index (χ1) is 10.3. The number of H-pyrrole nitrogens is 1. The Morgan fingerprint density at radius 2 is 2.24 bits per heavy atom. The highest BCUT2D eigenvalue weighted by molar-refractivity contribution is 5.95. The van der Waals surface area contributed by atoms with E-state index in [4.69, 9.17) is 4.74 Å². The Hall–Kier alpha value is -2.14. The van der Waals surface area contributed by atoms with E-state index < -0.39 is 0 Å². The van der Waals surface area contributed by atoms with Crippen molar-refractivity contribution in [2.45, 2.75) is 18.8 Å². The Balaban J connectivity index is 1.57. The van der Waals surface area contributed by atoms with Crippen LogP contribution in [0.2, 0.25) is 0 Å². The molecule has 110 valence electrons. The third kappa shape index (κ3) is 3.31. The summed E-state index contributed by atoms with van der Waals surface area (Å²) in [6.07, 6.45) is 3.37. The van der Waals surface area contributed by atoms with E-state index in [9.17, 15) is 4.79 Å². The van der Waals surface area contributed by atoms with Crippen LogP contribution in [0.1, 0.15) is 34.0 Å². The second kappa shape index (κ2) is 6.54. The van der Waals surface area contributed by atoms with Gasteiger partial charge in [0.2, 0.25) is 0 Å². The van der Waals surface area contributed by atoms with Crippen molar-refractivity contribution in [3.05, 3.63) is 53.3 Å². The third-order valence-electron chi connectivity index (χ3n) is 3.79. The zero-order valence-electron chi connectivity index (χ0n) is 11.8. The number of aromatic amines is 1. The smallest absolute Gasteiger partial charge is 0.254 e. The first kappa shape index (κ1) is 13.8. The molecule has 0 aliphatic carbocycles. The lowest BCUT2D eigenvalue weighted by molar-refractivity contribution is 0.0952. The maximum absolute atomic E-state index is 12.3. The molecule has 0 bridgehead atoms. The molecule has 1 amide bonds. The van der Waals surface area contributed by atoms with E-state index in [0.29, 0.717) is 18.7 Å². The number of carbonyl (C=O) groups excluding carboxylic acids is 1. The van der Waals surface area contributed by atoms with Crippen LogP contribution in [-0.4, -0.2) is 35.9 Å². The Morgan fingerprint density at radius 3 is 3.00 bits per heavy atom. The predicted octanol–water partition coefficient (Wildman–Crippen LogP) is 1.89. The van der Waals surface area contributed by atoms with E-state index >= 15 is 0 Å². The Bertz CT molecular complexity index is 589. The van der Waals surface area contributed by atoms with Gasteiger partial charge in [-0.15, -0.1) is 0 Å². The van der Waals surface area contributed by atoms with Gasteiger partial charge >= 0.3 is 0 Å². The molecule has 5 heteroatoms. The number of hydrogen-bond acceptors (Lipinski definition) is 3. The molecule has 0 radical (unpaired) electrons. The Morgan fingerprint density at radius 1 is 1.38 bits per heavy atom. The molecule has 1 fully saturated rings. The van der Waals surface area contributed by atoms with Crippen molar-refractivity contribution >= 4 is 5.91 Å². The molecule has 5 nitrogen and oxygen atoms in total. The SMILES string of the molecule is O=C(NCCc1ccccc1)c1cn[nH]c1C1CCOC1. The van der Waals surface area contributed by atoms with Gasteiger partial charge in [0, 0.05) is 19.1 Å². The van der Waals surface area contributed by atoms with Gasteiger partial charge in [-0.25, -0.2) is 0 Å². The first-order valence-electron chi connectivity index (χ1n) is 7.27. The topological polar surface area (TPSA) is 67.0 Å². The predicted molar refractivity (Wildman–Crippen MR) is 79.2 cm³/mol. The summed E-state index contributed by atoms with van der Waals surface area (Å²) in [4.78, 5) is 12.3. The molecule has 1 aromatic heterocycles. The summed E-state index contributed by atoms with van der Waals surface area (Å²) >= 11 is 0. The fourth-order valence-corrected chi connectivity index (χ4v) is 2.61. The highest BCUT2D eigenvalue weighted by Crippen LogP contribution is 2.25. The zero-order valence-corrected chi connectivity index (χ0v) is 11.8. The quantitative estimate of drug-likeness (QED) is 0.881. The van der Waals surface area contributed by atoms with Crippen LogP contribution in [0.25, 0.3) is 0 Å². The van der Waals surface area contributed by atoms with Crippen LogP contribution < -0.4 is 5.32 Å². The van der Waals surface area contributed by atoms with E-state index in [-0.39, 0.29) is 11.8 Å². The summed E-state index contributed by atoms with van der Waals surface area (Å²) in [6.45, 7) is 2.03. The maximum Gasteiger partial charge on any atom is 0.254 e. The van der Waals surface area contributed by atoms with E-state index in [0.717, 1.165) is 25.1 Å². The third-order valence-corrected chi connectivity index (χ3v) is 3.79. The van der Waals surface area contributed by atoms with E-state index in [1.165, 1.54) is 5.56 Å². The van der Waals surface area contributed by atoms with Gasteiger partial charge in [0.1, 0.15) is 0 Å². The summed E-state index contributed by atoms with van der Waals surface area (Å²) in [5.41, 5.74) is 2.75. The van der Waals surface area contributed by atoms with Crippen molar-refractivity contribution in [3.8, 4) is 0 Å². The molecular formula is C16H19N3O2. The van der Waals surface area contributed by atoms with Crippen molar-refractivity contribution in [1.29, 1.82) is 0 Å². The molecule has 0 saturated carbocycles. The molecule has 1 atom stereocenters. The number of carbonyl (C=O) groups is 1. The van der Waals surface area contributed by atoms with Crippen LogP contribution in [0.5, 0.6) is 0 Å². The second-order valence-corrected chi connectivity index (χ2v) is 5.25. The summed E-state index contributed by atoms with van der Waals surface area (Å²) in [7, 11) is 0. The average Bonchev–Trinajstić information content (AvgIpc) is 3.19. The summed E-state index contributed by atoms with van der Waals surface area (Å²) in [5.74, 6) is 0.184. The molecule has 1 aliphatic heterocycles. The van der Waals surface area contributed by atoms with Crippen LogP contribution in [0.4, 0.5) is 0 Å². The number of hydrogen-bond donors (Lipinski definition) is 2. The van der Waals surface area contributed by atoms with Gasteiger partial charge in [-0.1, -0.05) is 30.3 Å². The lowest BCUT2D eigenvalue weighted by atomic mass is 10.0. The van der Waals surface area contributed by atoms with Crippen LogP contribution in [-0.2, 0) is 11.2 Å². The van der Waals surface area contributed by atoms with Crippen molar-refractivity contribution in [3.63, 3.8) is 0 Å². The first-order valence-corrected chi connectivity index (χ1v) is 7.27. The van der Waals surface area contributed by atoms with Crippen molar-refractivity contribution in [2.75, 3.05) is 19.8 Å². The van der Waals surface area contributed by atoms with E-state index in [2.05, 4.69) is 27.6 Å². The molecule has 1 aliphatic rings. The Kier molecular flexibility index (Phi) is 4.31. The number of rotatable bonds is 5. The average molecular weight is 285 g/mol. The standard InChI is InChI=1S/C16H19N3O2/c20-16(17-8-6-12-4-2-1-3-5-12)14-10-18-19-15(14)13-7-9-21-11-13/h1-5,10,13H,6-9,11H2,(H,17,20)(H,18,19). The van der Waals surface area contributed by atoms with Crippen LogP contribution >= 0.6 is 0 Å². The van der Waals surface area contributed by atoms with Crippen LogP contribution in [0.3, 0.4) is 0 Å². The molecule has 3 rings (SSSR count). The number of aromatic nitrogens is 2. The molecule has 2 N–H and O–H groups in total. The normalized spacial score (nSPS) is 17.8. The van der Waals surface area contributed by atoms with Gasteiger partial charge < -0.3 is 10.1 Å². The van der Waals surface area contributed by atoms with Crippen molar-refractivity contribution in [1.82, 2.24) is 15.5 Å². The van der Waals surface area contributed by atoms with Gasteiger partial charge in [-0.3, -0.25) is 9.89 Å². The minimum atomic E-state index is -0.0680. The lowest BCUT2D eigenvalue weighted by Crippen LogP contribution is -2.26. The van der Waals surface area contributed by atoms with Crippen molar-refractivity contribution < 1.29 is 9.53 Å². The van der Waals surface area contributed by atoms with Crippen LogP contribution in [0, 0.1) is 0 Å². The fraction of sp³-hybridized carbons (Fsp3) is 0.375. The number of ether oxygens (including phenoxy) is 1. The highest BCUT2D eigenvalue weighted by Gasteiger charge is 2.24. The van der Waals surface area contributed by atoms with Gasteiger partial charge in [-0.2, -0.15) is 5.10 Å². The lowest BCUT2D eigenvalue weighted by Gasteiger charge is -2.09. The van der Waals surface area contributed by atoms with Crippen LogP contribution in [0.15, 0.2) is 36.5 Å². The zero-order chi connectivity index (χ0) is 14.5.